The summed E-state index contributed by atoms with van der Waals surface area (Å²) in [6.45, 7) is 8.20. The number of aliphatic hydroxyl groups excluding tert-OH is 2. The summed E-state index contributed by atoms with van der Waals surface area (Å²) in [7, 11) is 0. The molecule has 1 rings (SSSR count). The smallest absolute Gasteiger partial charge is 0.0889 e. The first-order chi connectivity index (χ1) is 6.36. The molecule has 0 bridgehead atoms. The average molecular weight is 202 g/mol. The Morgan fingerprint density at radius 3 is 2.36 bits per heavy atom. The van der Waals surface area contributed by atoms with Crippen LogP contribution in [0.25, 0.3) is 0 Å². The van der Waals surface area contributed by atoms with Gasteiger partial charge in [-0.1, -0.05) is 27.7 Å². The first-order valence-corrected chi connectivity index (χ1v) is 5.30. The van der Waals surface area contributed by atoms with E-state index in [2.05, 4.69) is 0 Å². The molecule has 0 aliphatic carbocycles. The van der Waals surface area contributed by atoms with Crippen molar-refractivity contribution < 1.29 is 14.9 Å². The summed E-state index contributed by atoms with van der Waals surface area (Å²) < 4.78 is 5.68. The minimum Gasteiger partial charge on any atom is -0.394 e. The SMILES string of the molecule is CC1CC(CO)OC(C(C)(C)C)C1O. The fraction of sp³-hybridized carbons (Fsp3) is 1.00. The quantitative estimate of drug-likeness (QED) is 0.671. The van der Waals surface area contributed by atoms with Gasteiger partial charge in [0.15, 0.2) is 0 Å². The van der Waals surface area contributed by atoms with Crippen LogP contribution < -0.4 is 0 Å². The summed E-state index contributed by atoms with van der Waals surface area (Å²) in [6, 6.07) is 0. The number of aliphatic hydroxyl groups is 2. The van der Waals surface area contributed by atoms with Crippen LogP contribution in [-0.4, -0.2) is 35.1 Å². The van der Waals surface area contributed by atoms with Crippen molar-refractivity contribution in [3.05, 3.63) is 0 Å². The first kappa shape index (κ1) is 12.0. The van der Waals surface area contributed by atoms with E-state index in [1.807, 2.05) is 27.7 Å². The molecule has 3 nitrogen and oxygen atoms in total. The van der Waals surface area contributed by atoms with Gasteiger partial charge in [0.2, 0.25) is 0 Å². The van der Waals surface area contributed by atoms with Crippen molar-refractivity contribution >= 4 is 0 Å². The molecule has 1 saturated heterocycles. The van der Waals surface area contributed by atoms with Crippen LogP contribution in [0.3, 0.4) is 0 Å². The van der Waals surface area contributed by atoms with E-state index in [-0.39, 0.29) is 30.1 Å². The molecule has 1 heterocycles. The van der Waals surface area contributed by atoms with Gasteiger partial charge in [0.25, 0.3) is 0 Å². The van der Waals surface area contributed by atoms with Gasteiger partial charge in [-0.05, 0) is 17.8 Å². The third kappa shape index (κ3) is 2.47. The highest BCUT2D eigenvalue weighted by Gasteiger charge is 2.41. The zero-order valence-corrected chi connectivity index (χ0v) is 9.53. The summed E-state index contributed by atoms with van der Waals surface area (Å²) >= 11 is 0. The zero-order chi connectivity index (χ0) is 10.9. The Bertz CT molecular complexity index is 185. The normalized spacial score (nSPS) is 39.9. The Kier molecular flexibility index (Phi) is 3.56. The van der Waals surface area contributed by atoms with Gasteiger partial charge in [-0.2, -0.15) is 0 Å². The topological polar surface area (TPSA) is 49.7 Å². The third-order valence-corrected chi connectivity index (χ3v) is 2.92. The number of rotatable bonds is 1. The first-order valence-electron chi connectivity index (χ1n) is 5.30. The van der Waals surface area contributed by atoms with Crippen molar-refractivity contribution in [2.24, 2.45) is 11.3 Å². The summed E-state index contributed by atoms with van der Waals surface area (Å²) in [4.78, 5) is 0. The van der Waals surface area contributed by atoms with Gasteiger partial charge in [0, 0.05) is 0 Å². The molecule has 4 unspecified atom stereocenters. The van der Waals surface area contributed by atoms with Crippen LogP contribution in [0.5, 0.6) is 0 Å². The Balaban J connectivity index is 2.73. The lowest BCUT2D eigenvalue weighted by Gasteiger charge is -2.43. The number of hydrogen-bond acceptors (Lipinski definition) is 3. The summed E-state index contributed by atoms with van der Waals surface area (Å²) in [5, 5.41) is 19.1. The van der Waals surface area contributed by atoms with Crippen LogP contribution in [0.4, 0.5) is 0 Å². The molecule has 84 valence electrons. The maximum Gasteiger partial charge on any atom is 0.0889 e. The summed E-state index contributed by atoms with van der Waals surface area (Å²) in [5.41, 5.74) is -0.0818. The maximum absolute atomic E-state index is 9.98. The van der Waals surface area contributed by atoms with E-state index in [0.717, 1.165) is 6.42 Å². The second-order valence-electron chi connectivity index (χ2n) is 5.43. The van der Waals surface area contributed by atoms with Crippen LogP contribution in [0.2, 0.25) is 0 Å². The zero-order valence-electron chi connectivity index (χ0n) is 9.53. The van der Waals surface area contributed by atoms with Crippen molar-refractivity contribution in [1.82, 2.24) is 0 Å². The molecule has 0 aromatic rings. The molecule has 0 spiro atoms. The van der Waals surface area contributed by atoms with Crippen LogP contribution >= 0.6 is 0 Å². The largest absolute Gasteiger partial charge is 0.394 e. The van der Waals surface area contributed by atoms with Crippen LogP contribution in [0.15, 0.2) is 0 Å². The highest BCUT2D eigenvalue weighted by atomic mass is 16.5. The molecule has 0 radical (unpaired) electrons. The van der Waals surface area contributed by atoms with E-state index < -0.39 is 6.10 Å². The highest BCUT2D eigenvalue weighted by Crippen LogP contribution is 2.34. The summed E-state index contributed by atoms with van der Waals surface area (Å²) in [5.74, 6) is 0.199. The van der Waals surface area contributed by atoms with Crippen molar-refractivity contribution in [3.8, 4) is 0 Å². The molecular weight excluding hydrogens is 180 g/mol. The van der Waals surface area contributed by atoms with Crippen molar-refractivity contribution in [1.29, 1.82) is 0 Å². The molecular formula is C11H22O3. The second-order valence-corrected chi connectivity index (χ2v) is 5.43. The van der Waals surface area contributed by atoms with E-state index in [4.69, 9.17) is 9.84 Å². The van der Waals surface area contributed by atoms with E-state index in [1.165, 1.54) is 0 Å². The fourth-order valence-electron chi connectivity index (χ4n) is 2.03. The fourth-order valence-corrected chi connectivity index (χ4v) is 2.03. The van der Waals surface area contributed by atoms with E-state index in [0.29, 0.717) is 0 Å². The monoisotopic (exact) mass is 202 g/mol. The molecule has 4 atom stereocenters. The Morgan fingerprint density at radius 1 is 1.36 bits per heavy atom. The average Bonchev–Trinajstić information content (AvgIpc) is 2.07. The molecule has 1 aliphatic heterocycles. The number of hydrogen-bond donors (Lipinski definition) is 2. The van der Waals surface area contributed by atoms with E-state index in [1.54, 1.807) is 0 Å². The lowest BCUT2D eigenvalue weighted by Crippen LogP contribution is -2.51. The molecule has 1 fully saturated rings. The van der Waals surface area contributed by atoms with Crippen molar-refractivity contribution in [2.75, 3.05) is 6.61 Å². The van der Waals surface area contributed by atoms with Crippen LogP contribution in [0.1, 0.15) is 34.1 Å². The Hall–Kier alpha value is -0.120. The van der Waals surface area contributed by atoms with Crippen molar-refractivity contribution in [3.63, 3.8) is 0 Å². The van der Waals surface area contributed by atoms with Gasteiger partial charge in [0.05, 0.1) is 24.9 Å². The summed E-state index contributed by atoms with van der Waals surface area (Å²) in [6.07, 6.45) is 0.0309. The van der Waals surface area contributed by atoms with Gasteiger partial charge in [-0.25, -0.2) is 0 Å². The predicted octanol–water partition coefficient (Wildman–Crippen LogP) is 1.18. The van der Waals surface area contributed by atoms with Gasteiger partial charge < -0.3 is 14.9 Å². The Labute approximate surface area is 86.1 Å². The van der Waals surface area contributed by atoms with E-state index in [9.17, 15) is 5.11 Å². The molecule has 0 aromatic heterocycles. The third-order valence-electron chi connectivity index (χ3n) is 2.92. The minimum absolute atomic E-state index is 0.0453. The molecule has 2 N–H and O–H groups in total. The van der Waals surface area contributed by atoms with Gasteiger partial charge in [0.1, 0.15) is 0 Å². The van der Waals surface area contributed by atoms with Crippen LogP contribution in [0, 0.1) is 11.3 Å². The molecule has 0 saturated carbocycles. The molecule has 3 heteroatoms. The molecule has 0 aromatic carbocycles. The molecule has 0 amide bonds. The molecule has 14 heavy (non-hydrogen) atoms. The van der Waals surface area contributed by atoms with Gasteiger partial charge in [-0.3, -0.25) is 0 Å². The number of ether oxygens (including phenoxy) is 1. The second kappa shape index (κ2) is 4.17. The predicted molar refractivity (Wildman–Crippen MR) is 55.0 cm³/mol. The van der Waals surface area contributed by atoms with Gasteiger partial charge >= 0.3 is 0 Å². The highest BCUT2D eigenvalue weighted by molar-refractivity contribution is 4.89. The lowest BCUT2D eigenvalue weighted by molar-refractivity contribution is -0.186. The minimum atomic E-state index is -0.419. The van der Waals surface area contributed by atoms with Crippen molar-refractivity contribution in [2.45, 2.75) is 52.4 Å². The standard InChI is InChI=1S/C11H22O3/c1-7-5-8(6-12)14-10(9(7)13)11(2,3)4/h7-10,12-13H,5-6H2,1-4H3. The van der Waals surface area contributed by atoms with Crippen LogP contribution in [-0.2, 0) is 4.74 Å². The molecule has 1 aliphatic rings. The van der Waals surface area contributed by atoms with Gasteiger partial charge in [-0.15, -0.1) is 0 Å². The Morgan fingerprint density at radius 2 is 1.93 bits per heavy atom. The van der Waals surface area contributed by atoms with E-state index >= 15 is 0 Å². The lowest BCUT2D eigenvalue weighted by atomic mass is 9.78. The maximum atomic E-state index is 9.98.